The van der Waals surface area contributed by atoms with E-state index in [0.717, 1.165) is 25.2 Å². The fraction of sp³-hybridized carbons (Fsp3) is 0.750. The maximum absolute atomic E-state index is 6.04. The molecule has 0 radical (unpaired) electrons. The van der Waals surface area contributed by atoms with Crippen LogP contribution in [0.15, 0.2) is 6.20 Å². The third kappa shape index (κ3) is 2.40. The Bertz CT molecular complexity index is 346. The highest BCUT2D eigenvalue weighted by atomic mass is 15.1. The number of hydrogen-bond donors (Lipinski definition) is 1. The topological polar surface area (TPSA) is 43.8 Å². The lowest BCUT2D eigenvalue weighted by atomic mass is 9.91. The number of fused-ring (bicyclic) bond motifs is 1. The van der Waals surface area contributed by atoms with Crippen molar-refractivity contribution in [2.24, 2.45) is 11.1 Å². The van der Waals surface area contributed by atoms with E-state index in [4.69, 9.17) is 5.73 Å². The summed E-state index contributed by atoms with van der Waals surface area (Å²) in [4.78, 5) is 4.66. The van der Waals surface area contributed by atoms with Crippen molar-refractivity contribution in [3.8, 4) is 0 Å². The predicted octanol–water partition coefficient (Wildman–Crippen LogP) is 2.27. The SMILES string of the molecule is CC(C)(C)Cc1cn2c(n1)C(N)CCC2. The molecule has 3 heteroatoms. The van der Waals surface area contributed by atoms with Crippen molar-refractivity contribution in [2.75, 3.05) is 0 Å². The molecule has 0 amide bonds. The lowest BCUT2D eigenvalue weighted by Gasteiger charge is -2.19. The molecular formula is C12H21N3. The van der Waals surface area contributed by atoms with Gasteiger partial charge in [0, 0.05) is 12.7 Å². The minimum Gasteiger partial charge on any atom is -0.333 e. The van der Waals surface area contributed by atoms with E-state index >= 15 is 0 Å². The van der Waals surface area contributed by atoms with E-state index < -0.39 is 0 Å². The monoisotopic (exact) mass is 207 g/mol. The van der Waals surface area contributed by atoms with E-state index in [9.17, 15) is 0 Å². The number of aryl methyl sites for hydroxylation is 1. The quantitative estimate of drug-likeness (QED) is 0.767. The van der Waals surface area contributed by atoms with Crippen molar-refractivity contribution in [3.05, 3.63) is 17.7 Å². The summed E-state index contributed by atoms with van der Waals surface area (Å²) >= 11 is 0. The van der Waals surface area contributed by atoms with Gasteiger partial charge in [-0.15, -0.1) is 0 Å². The molecular weight excluding hydrogens is 186 g/mol. The Morgan fingerprint density at radius 1 is 1.53 bits per heavy atom. The minimum atomic E-state index is 0.146. The second-order valence-electron chi connectivity index (χ2n) is 5.77. The average molecular weight is 207 g/mol. The van der Waals surface area contributed by atoms with Crippen LogP contribution in [0.1, 0.15) is 51.2 Å². The van der Waals surface area contributed by atoms with Crippen LogP contribution in [0.25, 0.3) is 0 Å². The molecule has 84 valence electrons. The van der Waals surface area contributed by atoms with Crippen LogP contribution in [0, 0.1) is 5.41 Å². The molecule has 0 aliphatic carbocycles. The normalized spacial score (nSPS) is 21.5. The minimum absolute atomic E-state index is 0.146. The number of nitrogens with two attached hydrogens (primary N) is 1. The van der Waals surface area contributed by atoms with Crippen molar-refractivity contribution in [2.45, 2.75) is 52.6 Å². The van der Waals surface area contributed by atoms with Gasteiger partial charge < -0.3 is 10.3 Å². The molecule has 2 heterocycles. The first-order chi connectivity index (χ1) is 6.96. The number of nitrogens with zero attached hydrogens (tertiary/aromatic N) is 2. The second-order valence-corrected chi connectivity index (χ2v) is 5.77. The van der Waals surface area contributed by atoms with E-state index in [1.54, 1.807) is 0 Å². The van der Waals surface area contributed by atoms with Crippen LogP contribution >= 0.6 is 0 Å². The molecule has 0 saturated carbocycles. The van der Waals surface area contributed by atoms with Crippen molar-refractivity contribution in [1.29, 1.82) is 0 Å². The largest absolute Gasteiger partial charge is 0.333 e. The number of hydrogen-bond acceptors (Lipinski definition) is 2. The summed E-state index contributed by atoms with van der Waals surface area (Å²) in [5, 5.41) is 0. The molecule has 0 bridgehead atoms. The van der Waals surface area contributed by atoms with Crippen LogP contribution < -0.4 is 5.73 Å². The highest BCUT2D eigenvalue weighted by molar-refractivity contribution is 5.10. The van der Waals surface area contributed by atoms with Gasteiger partial charge in [-0.2, -0.15) is 0 Å². The van der Waals surface area contributed by atoms with Gasteiger partial charge in [0.15, 0.2) is 0 Å². The van der Waals surface area contributed by atoms with Gasteiger partial charge in [0.05, 0.1) is 11.7 Å². The molecule has 1 unspecified atom stereocenters. The average Bonchev–Trinajstić information content (AvgIpc) is 2.45. The first-order valence-corrected chi connectivity index (χ1v) is 5.77. The lowest BCUT2D eigenvalue weighted by Crippen LogP contribution is -2.21. The maximum atomic E-state index is 6.04. The first-order valence-electron chi connectivity index (χ1n) is 5.77. The van der Waals surface area contributed by atoms with E-state index in [-0.39, 0.29) is 6.04 Å². The fourth-order valence-corrected chi connectivity index (χ4v) is 2.20. The number of imidazole rings is 1. The molecule has 1 atom stereocenters. The molecule has 1 aromatic heterocycles. The second kappa shape index (κ2) is 3.63. The van der Waals surface area contributed by atoms with Gasteiger partial charge >= 0.3 is 0 Å². The van der Waals surface area contributed by atoms with Gasteiger partial charge in [-0.05, 0) is 24.7 Å². The molecule has 3 nitrogen and oxygen atoms in total. The van der Waals surface area contributed by atoms with E-state index in [0.29, 0.717) is 5.41 Å². The van der Waals surface area contributed by atoms with Crippen molar-refractivity contribution in [1.82, 2.24) is 9.55 Å². The molecule has 2 rings (SSSR count). The van der Waals surface area contributed by atoms with Crippen molar-refractivity contribution >= 4 is 0 Å². The predicted molar refractivity (Wildman–Crippen MR) is 61.5 cm³/mol. The molecule has 0 fully saturated rings. The Kier molecular flexibility index (Phi) is 2.59. The Labute approximate surface area is 91.7 Å². The standard InChI is InChI=1S/C12H21N3/c1-12(2,3)7-9-8-15-6-4-5-10(13)11(15)14-9/h8,10H,4-7,13H2,1-3H3. The van der Waals surface area contributed by atoms with Crippen LogP contribution in [0.3, 0.4) is 0 Å². The van der Waals surface area contributed by atoms with Crippen molar-refractivity contribution < 1.29 is 0 Å². The van der Waals surface area contributed by atoms with E-state index in [1.807, 2.05) is 0 Å². The summed E-state index contributed by atoms with van der Waals surface area (Å²) in [5.41, 5.74) is 7.53. The molecule has 1 aliphatic heterocycles. The van der Waals surface area contributed by atoms with Gasteiger partial charge in [0.1, 0.15) is 5.82 Å². The number of aromatic nitrogens is 2. The molecule has 1 aliphatic rings. The lowest BCUT2D eigenvalue weighted by molar-refractivity contribution is 0.406. The maximum Gasteiger partial charge on any atom is 0.125 e. The Morgan fingerprint density at radius 2 is 2.27 bits per heavy atom. The van der Waals surface area contributed by atoms with Gasteiger partial charge in [-0.3, -0.25) is 0 Å². The van der Waals surface area contributed by atoms with Crippen LogP contribution in [-0.4, -0.2) is 9.55 Å². The Morgan fingerprint density at radius 3 is 2.87 bits per heavy atom. The zero-order chi connectivity index (χ0) is 11.1. The first kappa shape index (κ1) is 10.7. The molecule has 0 spiro atoms. The highest BCUT2D eigenvalue weighted by Gasteiger charge is 2.21. The smallest absolute Gasteiger partial charge is 0.125 e. The molecule has 0 saturated heterocycles. The van der Waals surface area contributed by atoms with Crippen LogP contribution in [0.2, 0.25) is 0 Å². The van der Waals surface area contributed by atoms with Gasteiger partial charge in [-0.1, -0.05) is 20.8 Å². The van der Waals surface area contributed by atoms with Crippen LogP contribution in [0.4, 0.5) is 0 Å². The molecule has 0 aromatic carbocycles. The summed E-state index contributed by atoms with van der Waals surface area (Å²) in [6, 6.07) is 0.146. The fourth-order valence-electron chi connectivity index (χ4n) is 2.20. The molecule has 15 heavy (non-hydrogen) atoms. The zero-order valence-corrected chi connectivity index (χ0v) is 9.95. The zero-order valence-electron chi connectivity index (χ0n) is 9.95. The van der Waals surface area contributed by atoms with Crippen molar-refractivity contribution in [3.63, 3.8) is 0 Å². The Hall–Kier alpha value is -0.830. The summed E-state index contributed by atoms with van der Waals surface area (Å²) in [6.45, 7) is 7.81. The number of rotatable bonds is 1. The Balaban J connectivity index is 2.22. The highest BCUT2D eigenvalue weighted by Crippen LogP contribution is 2.25. The van der Waals surface area contributed by atoms with Crippen LogP contribution in [-0.2, 0) is 13.0 Å². The van der Waals surface area contributed by atoms with Crippen LogP contribution in [0.5, 0.6) is 0 Å². The summed E-state index contributed by atoms with van der Waals surface area (Å²) in [7, 11) is 0. The molecule has 2 N–H and O–H groups in total. The third-order valence-corrected chi connectivity index (χ3v) is 2.81. The summed E-state index contributed by atoms with van der Waals surface area (Å²) in [5.74, 6) is 1.08. The van der Waals surface area contributed by atoms with E-state index in [2.05, 4.69) is 36.5 Å². The third-order valence-electron chi connectivity index (χ3n) is 2.81. The summed E-state index contributed by atoms with van der Waals surface area (Å²) in [6.07, 6.45) is 5.46. The summed E-state index contributed by atoms with van der Waals surface area (Å²) < 4.78 is 2.23. The van der Waals surface area contributed by atoms with Gasteiger partial charge in [-0.25, -0.2) is 4.98 Å². The van der Waals surface area contributed by atoms with Gasteiger partial charge in [0.25, 0.3) is 0 Å². The van der Waals surface area contributed by atoms with Gasteiger partial charge in [0.2, 0.25) is 0 Å². The van der Waals surface area contributed by atoms with E-state index in [1.165, 1.54) is 12.1 Å². The molecule has 1 aromatic rings.